The number of carbonyl (C=O) groups is 3. The maximum atomic E-state index is 12.9. The van der Waals surface area contributed by atoms with Gasteiger partial charge in [-0.05, 0) is 31.7 Å². The maximum Gasteiger partial charge on any atom is 0.270 e. The molecule has 0 fully saturated rings. The summed E-state index contributed by atoms with van der Waals surface area (Å²) < 4.78 is 5.64. The molecular formula is C19H26N4O6. The van der Waals surface area contributed by atoms with Crippen LogP contribution in [0.4, 0.5) is 5.69 Å². The number of non-ortho nitro benzene ring substituents is 1. The van der Waals surface area contributed by atoms with Crippen LogP contribution in [0.3, 0.4) is 0 Å². The average Bonchev–Trinajstić information content (AvgIpc) is 2.67. The SMILES string of the molecule is CC(C)[C@@H]1NC(=O)c2cc([N+](=O)[O-])ccc2OCCCCNC(=O)[C@H](C)NC1=O. The Morgan fingerprint density at radius 3 is 2.52 bits per heavy atom. The zero-order chi connectivity index (χ0) is 21.6. The molecule has 0 saturated heterocycles. The molecule has 1 heterocycles. The third-order valence-corrected chi connectivity index (χ3v) is 4.53. The van der Waals surface area contributed by atoms with E-state index in [4.69, 9.17) is 4.74 Å². The molecule has 10 nitrogen and oxygen atoms in total. The van der Waals surface area contributed by atoms with Crippen LogP contribution in [0, 0.1) is 16.0 Å². The van der Waals surface area contributed by atoms with E-state index in [1.165, 1.54) is 12.1 Å². The normalized spacial score (nSPS) is 21.6. The lowest BCUT2D eigenvalue weighted by Crippen LogP contribution is -2.54. The molecule has 0 unspecified atom stereocenters. The van der Waals surface area contributed by atoms with Gasteiger partial charge in [-0.3, -0.25) is 24.5 Å². The molecular weight excluding hydrogens is 380 g/mol. The minimum absolute atomic E-state index is 0.0187. The van der Waals surface area contributed by atoms with Crippen molar-refractivity contribution in [2.75, 3.05) is 13.2 Å². The van der Waals surface area contributed by atoms with Crippen LogP contribution in [0.2, 0.25) is 0 Å². The molecule has 1 aromatic rings. The molecule has 0 aliphatic carbocycles. The molecule has 2 rings (SSSR count). The first-order valence-electron chi connectivity index (χ1n) is 9.51. The second-order valence-electron chi connectivity index (χ2n) is 7.21. The monoisotopic (exact) mass is 406 g/mol. The topological polar surface area (TPSA) is 140 Å². The summed E-state index contributed by atoms with van der Waals surface area (Å²) in [6.07, 6.45) is 1.24. The number of carbonyl (C=O) groups excluding carboxylic acids is 3. The van der Waals surface area contributed by atoms with Crippen molar-refractivity contribution in [1.29, 1.82) is 0 Å². The Balaban J connectivity index is 2.37. The molecule has 2 atom stereocenters. The highest BCUT2D eigenvalue weighted by atomic mass is 16.6. The van der Waals surface area contributed by atoms with Gasteiger partial charge in [0.15, 0.2) is 0 Å². The van der Waals surface area contributed by atoms with Crippen molar-refractivity contribution in [1.82, 2.24) is 16.0 Å². The highest BCUT2D eigenvalue weighted by Gasteiger charge is 2.29. The number of hydrogen-bond acceptors (Lipinski definition) is 6. The van der Waals surface area contributed by atoms with Gasteiger partial charge in [0.25, 0.3) is 11.6 Å². The molecule has 0 saturated carbocycles. The van der Waals surface area contributed by atoms with Crippen LogP contribution >= 0.6 is 0 Å². The van der Waals surface area contributed by atoms with Crippen LogP contribution in [-0.2, 0) is 9.59 Å². The van der Waals surface area contributed by atoms with E-state index in [1.807, 2.05) is 0 Å². The van der Waals surface area contributed by atoms with Crippen molar-refractivity contribution in [2.24, 2.45) is 5.92 Å². The van der Waals surface area contributed by atoms with Gasteiger partial charge in [-0.1, -0.05) is 13.8 Å². The van der Waals surface area contributed by atoms with Crippen LogP contribution in [0.1, 0.15) is 44.0 Å². The summed E-state index contributed by atoms with van der Waals surface area (Å²) in [5, 5.41) is 19.1. The van der Waals surface area contributed by atoms with E-state index in [9.17, 15) is 24.5 Å². The predicted molar refractivity (Wildman–Crippen MR) is 105 cm³/mol. The first-order chi connectivity index (χ1) is 13.7. The first kappa shape index (κ1) is 22.1. The Kier molecular flexibility index (Phi) is 7.52. The van der Waals surface area contributed by atoms with Gasteiger partial charge in [0, 0.05) is 18.7 Å². The van der Waals surface area contributed by atoms with E-state index >= 15 is 0 Å². The van der Waals surface area contributed by atoms with Crippen molar-refractivity contribution in [3.8, 4) is 5.75 Å². The summed E-state index contributed by atoms with van der Waals surface area (Å²) in [6, 6.07) is 2.06. The summed E-state index contributed by atoms with van der Waals surface area (Å²) in [4.78, 5) is 48.1. The quantitative estimate of drug-likeness (QED) is 0.497. The maximum absolute atomic E-state index is 12.9. The predicted octanol–water partition coefficient (Wildman–Crippen LogP) is 1.14. The molecule has 10 heteroatoms. The van der Waals surface area contributed by atoms with Gasteiger partial charge in [0.1, 0.15) is 17.8 Å². The van der Waals surface area contributed by atoms with E-state index in [1.54, 1.807) is 20.8 Å². The highest BCUT2D eigenvalue weighted by molar-refractivity contribution is 6.00. The van der Waals surface area contributed by atoms with Gasteiger partial charge in [-0.15, -0.1) is 0 Å². The largest absolute Gasteiger partial charge is 0.493 e. The van der Waals surface area contributed by atoms with Crippen LogP contribution in [0.25, 0.3) is 0 Å². The fourth-order valence-electron chi connectivity index (χ4n) is 2.83. The molecule has 0 bridgehead atoms. The Morgan fingerprint density at radius 2 is 1.86 bits per heavy atom. The smallest absolute Gasteiger partial charge is 0.270 e. The number of amides is 3. The zero-order valence-electron chi connectivity index (χ0n) is 16.7. The Morgan fingerprint density at radius 1 is 1.14 bits per heavy atom. The molecule has 3 amide bonds. The average molecular weight is 406 g/mol. The Hall–Kier alpha value is -3.17. The fraction of sp³-hybridized carbons (Fsp3) is 0.526. The van der Waals surface area contributed by atoms with Gasteiger partial charge in [0.05, 0.1) is 17.1 Å². The second-order valence-corrected chi connectivity index (χ2v) is 7.21. The lowest BCUT2D eigenvalue weighted by molar-refractivity contribution is -0.384. The fourth-order valence-corrected chi connectivity index (χ4v) is 2.83. The molecule has 29 heavy (non-hydrogen) atoms. The molecule has 158 valence electrons. The summed E-state index contributed by atoms with van der Waals surface area (Å²) in [7, 11) is 0. The summed E-state index contributed by atoms with van der Waals surface area (Å²) in [5.41, 5.74) is -0.274. The molecule has 0 aromatic heterocycles. The standard InChI is InChI=1S/C19H26N4O6/c1-11(2)16-19(26)21-12(3)17(24)20-8-4-5-9-29-15-7-6-13(23(27)28)10-14(15)18(25)22-16/h6-7,10-12,16H,4-5,8-9H2,1-3H3,(H,20,24)(H,21,26)(H,22,25)/t12-,16-/m0/s1. The molecule has 0 spiro atoms. The van der Waals surface area contributed by atoms with E-state index in [2.05, 4.69) is 16.0 Å². The summed E-state index contributed by atoms with van der Waals surface area (Å²) in [6.45, 7) is 5.74. The Labute approximate surface area is 168 Å². The van der Waals surface area contributed by atoms with Crippen molar-refractivity contribution >= 4 is 23.4 Å². The molecule has 3 N–H and O–H groups in total. The molecule has 0 radical (unpaired) electrons. The van der Waals surface area contributed by atoms with E-state index in [0.29, 0.717) is 19.4 Å². The zero-order valence-corrected chi connectivity index (χ0v) is 16.7. The highest BCUT2D eigenvalue weighted by Crippen LogP contribution is 2.25. The number of nitro groups is 1. The van der Waals surface area contributed by atoms with Crippen LogP contribution in [-0.4, -0.2) is 47.9 Å². The number of benzene rings is 1. The van der Waals surface area contributed by atoms with Gasteiger partial charge >= 0.3 is 0 Å². The van der Waals surface area contributed by atoms with Crippen LogP contribution < -0.4 is 20.7 Å². The molecule has 1 aliphatic heterocycles. The van der Waals surface area contributed by atoms with Crippen molar-refractivity contribution in [3.63, 3.8) is 0 Å². The molecule has 1 aromatic carbocycles. The molecule has 1 aliphatic rings. The van der Waals surface area contributed by atoms with Gasteiger partial charge < -0.3 is 20.7 Å². The van der Waals surface area contributed by atoms with Crippen molar-refractivity contribution < 1.29 is 24.0 Å². The van der Waals surface area contributed by atoms with Crippen molar-refractivity contribution in [2.45, 2.75) is 45.7 Å². The minimum atomic E-state index is -0.935. The van der Waals surface area contributed by atoms with E-state index in [-0.39, 0.29) is 35.4 Å². The minimum Gasteiger partial charge on any atom is -0.493 e. The number of fused-ring (bicyclic) bond motifs is 1. The number of nitrogens with zero attached hydrogens (tertiary/aromatic N) is 1. The van der Waals surface area contributed by atoms with Crippen LogP contribution in [0.5, 0.6) is 5.75 Å². The third-order valence-electron chi connectivity index (χ3n) is 4.53. The van der Waals surface area contributed by atoms with Crippen LogP contribution in [0.15, 0.2) is 18.2 Å². The summed E-state index contributed by atoms with van der Waals surface area (Å²) in [5.74, 6) is -1.58. The number of nitro benzene ring substituents is 1. The lowest BCUT2D eigenvalue weighted by Gasteiger charge is -2.24. The number of ether oxygens (including phenoxy) is 1. The van der Waals surface area contributed by atoms with Gasteiger partial charge in [-0.25, -0.2) is 0 Å². The summed E-state index contributed by atoms with van der Waals surface area (Å²) >= 11 is 0. The first-order valence-corrected chi connectivity index (χ1v) is 9.51. The number of rotatable bonds is 2. The second kappa shape index (κ2) is 9.85. The third kappa shape index (κ3) is 5.90. The van der Waals surface area contributed by atoms with Gasteiger partial charge in [-0.2, -0.15) is 0 Å². The Bertz CT molecular complexity index is 795. The van der Waals surface area contributed by atoms with E-state index in [0.717, 1.165) is 6.07 Å². The van der Waals surface area contributed by atoms with Gasteiger partial charge in [0.2, 0.25) is 11.8 Å². The van der Waals surface area contributed by atoms with Crippen molar-refractivity contribution in [3.05, 3.63) is 33.9 Å². The number of hydrogen-bond donors (Lipinski definition) is 3. The van der Waals surface area contributed by atoms with E-state index < -0.39 is 28.8 Å². The lowest BCUT2D eigenvalue weighted by atomic mass is 10.0. The number of nitrogens with one attached hydrogen (secondary N) is 3.